The van der Waals surface area contributed by atoms with Gasteiger partial charge in [-0.3, -0.25) is 10.1 Å². The molecular weight excluding hydrogens is 252 g/mol. The van der Waals surface area contributed by atoms with Gasteiger partial charge in [0.1, 0.15) is 5.75 Å². The molecule has 0 aliphatic heterocycles. The lowest BCUT2D eigenvalue weighted by atomic mass is 10.2. The summed E-state index contributed by atoms with van der Waals surface area (Å²) in [6, 6.07) is 6.73. The van der Waals surface area contributed by atoms with Crippen molar-refractivity contribution in [3.05, 3.63) is 29.8 Å². The average molecular weight is 268 g/mol. The number of hydrogen-bond acceptors (Lipinski definition) is 4. The fourth-order valence-electron chi connectivity index (χ4n) is 1.24. The summed E-state index contributed by atoms with van der Waals surface area (Å²) in [7, 11) is 1.56. The number of aliphatic hydroxyl groups excluding tert-OH is 1. The van der Waals surface area contributed by atoms with Crippen molar-refractivity contribution < 1.29 is 14.6 Å². The van der Waals surface area contributed by atoms with E-state index in [0.29, 0.717) is 24.3 Å². The van der Waals surface area contributed by atoms with E-state index >= 15 is 0 Å². The monoisotopic (exact) mass is 268 g/mol. The molecule has 0 atom stereocenters. The lowest BCUT2D eigenvalue weighted by molar-refractivity contribution is 0.0976. The highest BCUT2D eigenvalue weighted by Gasteiger charge is 2.07. The van der Waals surface area contributed by atoms with Crippen molar-refractivity contribution >= 4 is 23.2 Å². The molecule has 0 radical (unpaired) electrons. The summed E-state index contributed by atoms with van der Waals surface area (Å²) in [5.74, 6) is 0.411. The number of methoxy groups -OCH3 is 1. The van der Waals surface area contributed by atoms with Gasteiger partial charge in [0.05, 0.1) is 7.11 Å². The van der Waals surface area contributed by atoms with Crippen LogP contribution >= 0.6 is 12.2 Å². The number of hydrogen-bond donors (Lipinski definition) is 3. The molecule has 0 aliphatic carbocycles. The average Bonchev–Trinajstić information content (AvgIpc) is 2.39. The number of nitrogens with one attached hydrogen (secondary N) is 2. The minimum Gasteiger partial charge on any atom is -0.497 e. The van der Waals surface area contributed by atoms with E-state index in [1.807, 2.05) is 0 Å². The Morgan fingerprint density at radius 2 is 2.06 bits per heavy atom. The summed E-state index contributed by atoms with van der Waals surface area (Å²) in [4.78, 5) is 11.8. The zero-order chi connectivity index (χ0) is 13.4. The van der Waals surface area contributed by atoms with Crippen LogP contribution in [0.5, 0.6) is 5.75 Å². The molecule has 0 fully saturated rings. The van der Waals surface area contributed by atoms with Crippen LogP contribution in [0, 0.1) is 0 Å². The molecule has 6 heteroatoms. The van der Waals surface area contributed by atoms with Gasteiger partial charge in [0, 0.05) is 18.7 Å². The predicted octanol–water partition coefficient (Wildman–Crippen LogP) is 0.682. The SMILES string of the molecule is COc1ccc(C(=O)NC(=S)NCCCO)cc1. The van der Waals surface area contributed by atoms with Crippen molar-refractivity contribution in [1.29, 1.82) is 0 Å². The molecule has 0 aliphatic rings. The number of rotatable bonds is 5. The summed E-state index contributed by atoms with van der Waals surface area (Å²) in [6.07, 6.45) is 0.582. The van der Waals surface area contributed by atoms with Crippen molar-refractivity contribution in [1.82, 2.24) is 10.6 Å². The van der Waals surface area contributed by atoms with Crippen LogP contribution in [0.2, 0.25) is 0 Å². The van der Waals surface area contributed by atoms with Crippen LogP contribution in [0.15, 0.2) is 24.3 Å². The second kappa shape index (κ2) is 7.62. The normalized spacial score (nSPS) is 9.67. The molecule has 98 valence electrons. The van der Waals surface area contributed by atoms with Crippen molar-refractivity contribution in [2.75, 3.05) is 20.3 Å². The molecule has 18 heavy (non-hydrogen) atoms. The minimum absolute atomic E-state index is 0.0854. The molecule has 0 spiro atoms. The molecule has 5 nitrogen and oxygen atoms in total. The molecule has 0 unspecified atom stereocenters. The molecule has 1 aromatic carbocycles. The van der Waals surface area contributed by atoms with Crippen molar-refractivity contribution in [2.24, 2.45) is 0 Å². The Bertz CT molecular complexity index is 406. The molecule has 1 aromatic rings. The maximum Gasteiger partial charge on any atom is 0.257 e. The molecule has 0 heterocycles. The maximum absolute atomic E-state index is 11.8. The summed E-state index contributed by atoms with van der Waals surface area (Å²) >= 11 is 4.94. The number of amides is 1. The smallest absolute Gasteiger partial charge is 0.257 e. The van der Waals surface area contributed by atoms with Crippen molar-refractivity contribution in [3.8, 4) is 5.75 Å². The second-order valence-corrected chi connectivity index (χ2v) is 3.92. The zero-order valence-corrected chi connectivity index (χ0v) is 10.9. The Labute approximate surface area is 111 Å². The molecule has 0 bridgehead atoms. The second-order valence-electron chi connectivity index (χ2n) is 3.52. The largest absolute Gasteiger partial charge is 0.497 e. The van der Waals surface area contributed by atoms with Crippen LogP contribution in [-0.2, 0) is 0 Å². The molecule has 0 saturated carbocycles. The first-order valence-corrected chi connectivity index (χ1v) is 5.92. The van der Waals surface area contributed by atoms with Crippen LogP contribution in [0.1, 0.15) is 16.8 Å². The van der Waals surface area contributed by atoms with Gasteiger partial charge in [-0.15, -0.1) is 0 Å². The van der Waals surface area contributed by atoms with E-state index in [9.17, 15) is 4.79 Å². The highest BCUT2D eigenvalue weighted by molar-refractivity contribution is 7.80. The standard InChI is InChI=1S/C12H16N2O3S/c1-17-10-5-3-9(4-6-10)11(16)14-12(18)13-7-2-8-15/h3-6,15H,2,7-8H2,1H3,(H2,13,14,16,18). The number of ether oxygens (including phenoxy) is 1. The van der Waals surface area contributed by atoms with E-state index in [1.165, 1.54) is 0 Å². The third kappa shape index (κ3) is 4.68. The van der Waals surface area contributed by atoms with Crippen LogP contribution in [0.3, 0.4) is 0 Å². The third-order valence-corrected chi connectivity index (χ3v) is 2.45. The number of thiocarbonyl (C=S) groups is 1. The Morgan fingerprint density at radius 1 is 1.39 bits per heavy atom. The molecule has 1 rings (SSSR count). The van der Waals surface area contributed by atoms with Gasteiger partial charge >= 0.3 is 0 Å². The van der Waals surface area contributed by atoms with Gasteiger partial charge in [-0.2, -0.15) is 0 Å². The summed E-state index contributed by atoms with van der Waals surface area (Å²) in [5.41, 5.74) is 0.502. The minimum atomic E-state index is -0.279. The first-order valence-electron chi connectivity index (χ1n) is 5.51. The Kier molecular flexibility index (Phi) is 6.10. The van der Waals surface area contributed by atoms with Gasteiger partial charge < -0.3 is 15.2 Å². The van der Waals surface area contributed by atoms with E-state index in [2.05, 4.69) is 10.6 Å². The Hall–Kier alpha value is -1.66. The molecule has 0 saturated heterocycles. The highest BCUT2D eigenvalue weighted by atomic mass is 32.1. The topological polar surface area (TPSA) is 70.6 Å². The summed E-state index contributed by atoms with van der Waals surface area (Å²) in [6.45, 7) is 0.611. The van der Waals surface area contributed by atoms with E-state index in [4.69, 9.17) is 22.1 Å². The van der Waals surface area contributed by atoms with Gasteiger partial charge in [0.2, 0.25) is 0 Å². The summed E-state index contributed by atoms with van der Waals surface area (Å²) in [5, 5.41) is 14.2. The van der Waals surface area contributed by atoms with Gasteiger partial charge in [-0.25, -0.2) is 0 Å². The van der Waals surface area contributed by atoms with Crippen LogP contribution in [-0.4, -0.2) is 36.4 Å². The Morgan fingerprint density at radius 3 is 2.61 bits per heavy atom. The van der Waals surface area contributed by atoms with E-state index in [0.717, 1.165) is 0 Å². The maximum atomic E-state index is 11.8. The number of carbonyl (C=O) groups excluding carboxylic acids is 1. The third-order valence-electron chi connectivity index (χ3n) is 2.20. The van der Waals surface area contributed by atoms with Crippen LogP contribution < -0.4 is 15.4 Å². The lowest BCUT2D eigenvalue weighted by Crippen LogP contribution is -2.39. The van der Waals surface area contributed by atoms with E-state index in [-0.39, 0.29) is 17.6 Å². The molecule has 1 amide bonds. The highest BCUT2D eigenvalue weighted by Crippen LogP contribution is 2.10. The van der Waals surface area contributed by atoms with Gasteiger partial charge in [0.15, 0.2) is 5.11 Å². The summed E-state index contributed by atoms with van der Waals surface area (Å²) < 4.78 is 5.00. The number of carbonyl (C=O) groups is 1. The van der Waals surface area contributed by atoms with E-state index in [1.54, 1.807) is 31.4 Å². The first-order chi connectivity index (χ1) is 8.67. The fourth-order valence-corrected chi connectivity index (χ4v) is 1.44. The molecule has 3 N–H and O–H groups in total. The molecular formula is C12H16N2O3S. The van der Waals surface area contributed by atoms with Gasteiger partial charge in [0.25, 0.3) is 5.91 Å². The van der Waals surface area contributed by atoms with Crippen LogP contribution in [0.25, 0.3) is 0 Å². The van der Waals surface area contributed by atoms with Crippen molar-refractivity contribution in [3.63, 3.8) is 0 Å². The van der Waals surface area contributed by atoms with Crippen LogP contribution in [0.4, 0.5) is 0 Å². The first kappa shape index (κ1) is 14.4. The molecule has 0 aromatic heterocycles. The Balaban J connectivity index is 2.46. The fraction of sp³-hybridized carbons (Fsp3) is 0.333. The number of benzene rings is 1. The number of aliphatic hydroxyl groups is 1. The van der Waals surface area contributed by atoms with Gasteiger partial charge in [-0.1, -0.05) is 0 Å². The van der Waals surface area contributed by atoms with Crippen molar-refractivity contribution in [2.45, 2.75) is 6.42 Å². The quantitative estimate of drug-likeness (QED) is 0.541. The predicted molar refractivity (Wildman–Crippen MR) is 72.8 cm³/mol. The van der Waals surface area contributed by atoms with E-state index < -0.39 is 0 Å². The zero-order valence-electron chi connectivity index (χ0n) is 10.1. The lowest BCUT2D eigenvalue weighted by Gasteiger charge is -2.09. The van der Waals surface area contributed by atoms with Gasteiger partial charge in [-0.05, 0) is 42.9 Å².